The number of allylic oxidation sites excluding steroid dienone is 1. The van der Waals surface area contributed by atoms with Gasteiger partial charge in [0, 0.05) is 6.21 Å². The van der Waals surface area contributed by atoms with Crippen LogP contribution in [0.4, 0.5) is 0 Å². The molecule has 1 aliphatic heterocycles. The molecule has 1 rings (SSSR count). The number of carbonyl (C=O) groups excluding carboxylic acids is 2. The van der Waals surface area contributed by atoms with Crippen LogP contribution in [0.25, 0.3) is 0 Å². The van der Waals surface area contributed by atoms with Gasteiger partial charge in [-0.05, 0) is 6.08 Å². The maximum Gasteiger partial charge on any atom is 0.288 e. The highest BCUT2D eigenvalue weighted by molar-refractivity contribution is 6.41. The number of hydrogen-bond donors (Lipinski definition) is 0. The Hall–Kier alpha value is -1.18. The minimum Gasteiger partial charge on any atom is -0.266 e. The Morgan fingerprint density at radius 2 is 2.30 bits per heavy atom. The van der Waals surface area contributed by atoms with Gasteiger partial charge in [0.25, 0.3) is 5.91 Å². The summed E-state index contributed by atoms with van der Waals surface area (Å²) in [5.41, 5.74) is -0.132. The van der Waals surface area contributed by atoms with Crippen molar-refractivity contribution in [3.63, 3.8) is 0 Å². The predicted octanol–water partition coefficient (Wildman–Crippen LogP) is 0.478. The van der Waals surface area contributed by atoms with Gasteiger partial charge in [-0.3, -0.25) is 4.79 Å². The average molecular weight is 156 g/mol. The topological polar surface area (TPSA) is 46.5 Å². The zero-order chi connectivity index (χ0) is 7.56. The van der Waals surface area contributed by atoms with E-state index in [1.54, 1.807) is 0 Å². The van der Waals surface area contributed by atoms with E-state index in [0.29, 0.717) is 0 Å². The van der Waals surface area contributed by atoms with Crippen LogP contribution in [0.2, 0.25) is 0 Å². The first kappa shape index (κ1) is 6.93. The summed E-state index contributed by atoms with van der Waals surface area (Å²) in [5, 5.41) is 0.262. The van der Waals surface area contributed by atoms with Crippen molar-refractivity contribution in [2.24, 2.45) is 4.99 Å². The van der Waals surface area contributed by atoms with E-state index < -0.39 is 5.91 Å². The normalized spacial score (nSPS) is 16.7. The Morgan fingerprint density at radius 3 is 2.80 bits per heavy atom. The molecule has 0 N–H and O–H groups in total. The third-order valence-electron chi connectivity index (χ3n) is 0.928. The van der Waals surface area contributed by atoms with E-state index in [2.05, 4.69) is 4.99 Å². The molecular weight excluding hydrogens is 154 g/mol. The van der Waals surface area contributed by atoms with Gasteiger partial charge < -0.3 is 0 Å². The number of amides is 1. The van der Waals surface area contributed by atoms with Gasteiger partial charge in [0.15, 0.2) is 0 Å². The highest BCUT2D eigenvalue weighted by Crippen LogP contribution is 2.08. The Balaban J connectivity index is 3.10. The van der Waals surface area contributed by atoms with Crippen LogP contribution in [0.3, 0.4) is 0 Å². The lowest BCUT2D eigenvalue weighted by atomic mass is 10.2. The number of nitrogens with zero attached hydrogens (tertiary/aromatic N) is 1. The van der Waals surface area contributed by atoms with Gasteiger partial charge in [-0.2, -0.15) is 0 Å². The Morgan fingerprint density at radius 1 is 1.60 bits per heavy atom. The van der Waals surface area contributed by atoms with Crippen LogP contribution in [-0.2, 0) is 9.59 Å². The average Bonchev–Trinajstić information content (AvgIpc) is 1.94. The van der Waals surface area contributed by atoms with Crippen LogP contribution in [0, 0.1) is 0 Å². The summed E-state index contributed by atoms with van der Waals surface area (Å²) in [6, 6.07) is 0. The van der Waals surface area contributed by atoms with Crippen molar-refractivity contribution in [1.29, 1.82) is 0 Å². The SMILES string of the molecule is O=C=C1C=C(Cl)C=NC1=O. The Bertz CT molecular complexity index is 284. The van der Waals surface area contributed by atoms with Crippen molar-refractivity contribution >= 4 is 29.7 Å². The summed E-state index contributed by atoms with van der Waals surface area (Å²) in [4.78, 5) is 23.8. The fraction of sp³-hybridized carbons (Fsp3) is 0. The standard InChI is InChI=1S/C6H2ClNO2/c7-5-1-4(3-9)6(10)8-2-5/h1-2H. The quantitative estimate of drug-likeness (QED) is 0.377. The maximum atomic E-state index is 10.6. The minimum atomic E-state index is -0.598. The summed E-state index contributed by atoms with van der Waals surface area (Å²) in [7, 11) is 0. The molecule has 0 unspecified atom stereocenters. The second-order valence-electron chi connectivity index (χ2n) is 1.61. The molecule has 1 aliphatic rings. The molecule has 0 aromatic rings. The molecule has 0 saturated heterocycles. The largest absolute Gasteiger partial charge is 0.288 e. The fourth-order valence-electron chi connectivity index (χ4n) is 0.500. The highest BCUT2D eigenvalue weighted by Gasteiger charge is 2.10. The molecule has 0 bridgehead atoms. The summed E-state index contributed by atoms with van der Waals surface area (Å²) in [6.45, 7) is 0. The van der Waals surface area contributed by atoms with Crippen molar-refractivity contribution in [3.8, 4) is 0 Å². The van der Waals surface area contributed by atoms with Crippen molar-refractivity contribution in [3.05, 3.63) is 16.7 Å². The van der Waals surface area contributed by atoms with Crippen molar-refractivity contribution < 1.29 is 9.59 Å². The summed E-state index contributed by atoms with van der Waals surface area (Å²) in [6.07, 6.45) is 2.41. The molecule has 0 aromatic heterocycles. The van der Waals surface area contributed by atoms with E-state index >= 15 is 0 Å². The first-order valence-corrected chi connectivity index (χ1v) is 2.82. The molecule has 0 spiro atoms. The van der Waals surface area contributed by atoms with Gasteiger partial charge >= 0.3 is 0 Å². The molecule has 1 heterocycles. The number of aliphatic imine (C=N–C) groups is 1. The fourth-order valence-corrected chi connectivity index (χ4v) is 0.658. The van der Waals surface area contributed by atoms with Crippen molar-refractivity contribution in [2.45, 2.75) is 0 Å². The second kappa shape index (κ2) is 2.60. The van der Waals surface area contributed by atoms with Gasteiger partial charge in [0.1, 0.15) is 11.5 Å². The van der Waals surface area contributed by atoms with E-state index in [9.17, 15) is 9.59 Å². The lowest BCUT2D eigenvalue weighted by molar-refractivity contribution is -0.113. The monoisotopic (exact) mass is 155 g/mol. The lowest BCUT2D eigenvalue weighted by Crippen LogP contribution is -2.02. The molecule has 3 nitrogen and oxygen atoms in total. The predicted molar refractivity (Wildman–Crippen MR) is 36.6 cm³/mol. The number of halogens is 1. The van der Waals surface area contributed by atoms with Gasteiger partial charge in [0.05, 0.1) is 5.03 Å². The van der Waals surface area contributed by atoms with Gasteiger partial charge in [-0.25, -0.2) is 9.79 Å². The molecule has 1 amide bonds. The zero-order valence-electron chi connectivity index (χ0n) is 4.80. The van der Waals surface area contributed by atoms with Crippen molar-refractivity contribution in [2.75, 3.05) is 0 Å². The van der Waals surface area contributed by atoms with E-state index in [-0.39, 0.29) is 10.6 Å². The van der Waals surface area contributed by atoms with Crippen LogP contribution in [0.15, 0.2) is 21.7 Å². The molecule has 10 heavy (non-hydrogen) atoms. The zero-order valence-corrected chi connectivity index (χ0v) is 5.55. The number of hydrogen-bond acceptors (Lipinski definition) is 2. The molecule has 0 radical (unpaired) electrons. The molecule has 4 heteroatoms. The lowest BCUT2D eigenvalue weighted by Gasteiger charge is -1.95. The molecule has 0 aromatic carbocycles. The number of carbonyl (C=O) groups is 1. The molecular formula is C6H2ClNO2. The molecule has 0 fully saturated rings. The Kier molecular flexibility index (Phi) is 1.81. The van der Waals surface area contributed by atoms with Crippen LogP contribution >= 0.6 is 11.6 Å². The first-order chi connectivity index (χ1) is 4.74. The molecule has 50 valence electrons. The van der Waals surface area contributed by atoms with E-state index in [4.69, 9.17) is 11.6 Å². The Labute approximate surface area is 61.7 Å². The molecule has 0 saturated carbocycles. The molecule has 0 aliphatic carbocycles. The highest BCUT2D eigenvalue weighted by atomic mass is 35.5. The van der Waals surface area contributed by atoms with E-state index in [1.807, 2.05) is 0 Å². The summed E-state index contributed by atoms with van der Waals surface area (Å²) in [5.74, 6) is 0.829. The maximum absolute atomic E-state index is 10.6. The summed E-state index contributed by atoms with van der Waals surface area (Å²) >= 11 is 5.42. The van der Waals surface area contributed by atoms with E-state index in [1.165, 1.54) is 18.2 Å². The van der Waals surface area contributed by atoms with Crippen LogP contribution < -0.4 is 0 Å². The number of rotatable bonds is 0. The van der Waals surface area contributed by atoms with Gasteiger partial charge in [-0.1, -0.05) is 11.6 Å². The first-order valence-electron chi connectivity index (χ1n) is 2.45. The number of dihydropyridines is 1. The van der Waals surface area contributed by atoms with Crippen molar-refractivity contribution in [1.82, 2.24) is 0 Å². The van der Waals surface area contributed by atoms with Crippen LogP contribution in [0.1, 0.15) is 0 Å². The van der Waals surface area contributed by atoms with Gasteiger partial charge in [-0.15, -0.1) is 0 Å². The van der Waals surface area contributed by atoms with Crippen LogP contribution in [-0.4, -0.2) is 18.1 Å². The summed E-state index contributed by atoms with van der Waals surface area (Å²) < 4.78 is 0. The van der Waals surface area contributed by atoms with Crippen LogP contribution in [0.5, 0.6) is 0 Å². The third kappa shape index (κ3) is 1.21. The smallest absolute Gasteiger partial charge is 0.266 e. The second-order valence-corrected chi connectivity index (χ2v) is 2.04. The van der Waals surface area contributed by atoms with E-state index in [0.717, 1.165) is 0 Å². The van der Waals surface area contributed by atoms with Gasteiger partial charge in [0.2, 0.25) is 0 Å². The third-order valence-corrected chi connectivity index (χ3v) is 1.13. The molecule has 0 atom stereocenters. The minimum absolute atomic E-state index is 0.132.